The van der Waals surface area contributed by atoms with Gasteiger partial charge in [-0.2, -0.15) is 0 Å². The Morgan fingerprint density at radius 2 is 1.80 bits per heavy atom. The third kappa shape index (κ3) is 4.72. The fourth-order valence-corrected chi connectivity index (χ4v) is 2.04. The molecule has 0 aliphatic rings. The van der Waals surface area contributed by atoms with E-state index >= 15 is 0 Å². The Kier molecular flexibility index (Phi) is 5.99. The molecule has 0 unspecified atom stereocenters. The van der Waals surface area contributed by atoms with Gasteiger partial charge in [0.25, 0.3) is 5.91 Å². The van der Waals surface area contributed by atoms with Gasteiger partial charge >= 0.3 is 0 Å². The molecule has 0 aromatic heterocycles. The molecule has 132 valence electrons. The van der Waals surface area contributed by atoms with Crippen LogP contribution in [0.25, 0.3) is 0 Å². The van der Waals surface area contributed by atoms with Gasteiger partial charge < -0.3 is 16.0 Å². The van der Waals surface area contributed by atoms with E-state index in [0.29, 0.717) is 17.8 Å². The van der Waals surface area contributed by atoms with Crippen LogP contribution in [0, 0.1) is 17.5 Å². The maximum atomic E-state index is 13.5. The van der Waals surface area contributed by atoms with Gasteiger partial charge in [0.1, 0.15) is 0 Å². The van der Waals surface area contributed by atoms with Gasteiger partial charge in [-0.1, -0.05) is 6.07 Å². The zero-order valence-corrected chi connectivity index (χ0v) is 13.3. The van der Waals surface area contributed by atoms with Crippen LogP contribution in [0.15, 0.2) is 36.4 Å². The second kappa shape index (κ2) is 8.18. The van der Waals surface area contributed by atoms with Crippen molar-refractivity contribution in [3.8, 4) is 0 Å². The lowest BCUT2D eigenvalue weighted by atomic mass is 10.2. The van der Waals surface area contributed by atoms with E-state index in [0.717, 1.165) is 12.1 Å². The summed E-state index contributed by atoms with van der Waals surface area (Å²) in [6.07, 6.45) is 0. The number of carbonyl (C=O) groups is 2. The minimum atomic E-state index is -1.61. The second-order valence-electron chi connectivity index (χ2n) is 5.06. The first-order valence-electron chi connectivity index (χ1n) is 7.48. The van der Waals surface area contributed by atoms with E-state index in [9.17, 15) is 22.8 Å². The molecule has 2 aromatic carbocycles. The molecule has 25 heavy (non-hydrogen) atoms. The van der Waals surface area contributed by atoms with Crippen molar-refractivity contribution >= 4 is 23.2 Å². The molecular weight excluding hydrogens is 335 g/mol. The molecule has 2 rings (SSSR count). The number of hydrogen-bond acceptors (Lipinski definition) is 3. The molecule has 8 heteroatoms. The summed E-state index contributed by atoms with van der Waals surface area (Å²) in [5.74, 6) is -5.14. The Morgan fingerprint density at radius 1 is 1.04 bits per heavy atom. The highest BCUT2D eigenvalue weighted by Gasteiger charge is 2.14. The highest BCUT2D eigenvalue weighted by molar-refractivity contribution is 5.98. The highest BCUT2D eigenvalue weighted by atomic mass is 19.2. The van der Waals surface area contributed by atoms with E-state index in [-0.39, 0.29) is 18.1 Å². The average molecular weight is 351 g/mol. The summed E-state index contributed by atoms with van der Waals surface area (Å²) in [5.41, 5.74) is 0.422. The van der Waals surface area contributed by atoms with Crippen LogP contribution in [-0.4, -0.2) is 24.9 Å². The number of halogens is 3. The van der Waals surface area contributed by atoms with Crippen molar-refractivity contribution < 1.29 is 22.8 Å². The second-order valence-corrected chi connectivity index (χ2v) is 5.06. The van der Waals surface area contributed by atoms with Crippen LogP contribution in [0.4, 0.5) is 24.5 Å². The van der Waals surface area contributed by atoms with E-state index in [1.165, 1.54) is 6.07 Å². The molecule has 0 aliphatic carbocycles. The fraction of sp³-hybridized carbons (Fsp3) is 0.176. The molecule has 0 bridgehead atoms. The molecule has 2 amide bonds. The molecule has 0 radical (unpaired) electrons. The van der Waals surface area contributed by atoms with Crippen LogP contribution in [-0.2, 0) is 4.79 Å². The average Bonchev–Trinajstić information content (AvgIpc) is 2.59. The van der Waals surface area contributed by atoms with E-state index in [4.69, 9.17) is 0 Å². The zero-order valence-electron chi connectivity index (χ0n) is 13.3. The predicted octanol–water partition coefficient (Wildman–Crippen LogP) is 2.90. The Morgan fingerprint density at radius 3 is 2.52 bits per heavy atom. The lowest BCUT2D eigenvalue weighted by Crippen LogP contribution is -2.24. The summed E-state index contributed by atoms with van der Waals surface area (Å²) in [4.78, 5) is 23.6. The minimum absolute atomic E-state index is 0.277. The number of benzene rings is 2. The van der Waals surface area contributed by atoms with Gasteiger partial charge in [-0.05, 0) is 37.3 Å². The van der Waals surface area contributed by atoms with Crippen molar-refractivity contribution in [1.29, 1.82) is 0 Å². The number of amides is 2. The Bertz CT molecular complexity index is 797. The SMILES string of the molecule is CCNC(=O)c1cccc(NC(=O)CNc2ccc(F)c(F)c2F)c1. The third-order valence-corrected chi connectivity index (χ3v) is 3.22. The quantitative estimate of drug-likeness (QED) is 0.701. The fourth-order valence-electron chi connectivity index (χ4n) is 2.04. The molecule has 0 atom stereocenters. The number of anilines is 2. The summed E-state index contributed by atoms with van der Waals surface area (Å²) in [7, 11) is 0. The smallest absolute Gasteiger partial charge is 0.251 e. The number of nitrogens with one attached hydrogen (secondary N) is 3. The summed E-state index contributed by atoms with van der Waals surface area (Å²) in [5, 5.41) is 7.54. The first-order chi connectivity index (χ1) is 11.9. The summed E-state index contributed by atoms with van der Waals surface area (Å²) in [6.45, 7) is 1.89. The van der Waals surface area contributed by atoms with Crippen molar-refractivity contribution in [1.82, 2.24) is 5.32 Å². The number of hydrogen-bond donors (Lipinski definition) is 3. The third-order valence-electron chi connectivity index (χ3n) is 3.22. The molecule has 0 saturated carbocycles. The maximum Gasteiger partial charge on any atom is 0.251 e. The van der Waals surface area contributed by atoms with Gasteiger partial charge in [-0.25, -0.2) is 13.2 Å². The van der Waals surface area contributed by atoms with Crippen molar-refractivity contribution in [3.63, 3.8) is 0 Å². The van der Waals surface area contributed by atoms with E-state index in [1.807, 2.05) is 0 Å². The van der Waals surface area contributed by atoms with Crippen LogP contribution in [0.3, 0.4) is 0 Å². The molecule has 0 saturated heterocycles. The first kappa shape index (κ1) is 18.3. The Labute approximate surface area is 142 Å². The number of carbonyl (C=O) groups excluding carboxylic acids is 2. The summed E-state index contributed by atoms with van der Waals surface area (Å²) >= 11 is 0. The van der Waals surface area contributed by atoms with Crippen molar-refractivity contribution in [2.75, 3.05) is 23.7 Å². The molecule has 2 aromatic rings. The van der Waals surface area contributed by atoms with Gasteiger partial charge in [0.15, 0.2) is 17.5 Å². The van der Waals surface area contributed by atoms with E-state index in [1.54, 1.807) is 25.1 Å². The molecule has 5 nitrogen and oxygen atoms in total. The summed E-state index contributed by atoms with van der Waals surface area (Å²) < 4.78 is 39.5. The Balaban J connectivity index is 1.98. The topological polar surface area (TPSA) is 70.2 Å². The van der Waals surface area contributed by atoms with Crippen LogP contribution >= 0.6 is 0 Å². The van der Waals surface area contributed by atoms with Crippen molar-refractivity contribution in [2.24, 2.45) is 0 Å². The maximum absolute atomic E-state index is 13.5. The van der Waals surface area contributed by atoms with E-state index < -0.39 is 23.4 Å². The Hall–Kier alpha value is -3.03. The van der Waals surface area contributed by atoms with Gasteiger partial charge in [-0.15, -0.1) is 0 Å². The largest absolute Gasteiger partial charge is 0.374 e. The lowest BCUT2D eigenvalue weighted by molar-refractivity contribution is -0.114. The zero-order chi connectivity index (χ0) is 18.4. The molecule has 3 N–H and O–H groups in total. The molecule has 0 heterocycles. The van der Waals surface area contributed by atoms with Crippen LogP contribution in [0.5, 0.6) is 0 Å². The van der Waals surface area contributed by atoms with Crippen LogP contribution in [0.2, 0.25) is 0 Å². The molecule has 0 aliphatic heterocycles. The van der Waals surface area contributed by atoms with E-state index in [2.05, 4.69) is 16.0 Å². The monoisotopic (exact) mass is 351 g/mol. The van der Waals surface area contributed by atoms with Gasteiger partial charge in [0.05, 0.1) is 12.2 Å². The van der Waals surface area contributed by atoms with Gasteiger partial charge in [-0.3, -0.25) is 9.59 Å². The molecule has 0 spiro atoms. The first-order valence-corrected chi connectivity index (χ1v) is 7.48. The van der Waals surface area contributed by atoms with Crippen molar-refractivity contribution in [2.45, 2.75) is 6.92 Å². The molecular formula is C17H16F3N3O2. The minimum Gasteiger partial charge on any atom is -0.374 e. The lowest BCUT2D eigenvalue weighted by Gasteiger charge is -2.10. The van der Waals surface area contributed by atoms with Gasteiger partial charge in [0.2, 0.25) is 5.91 Å². The predicted molar refractivity (Wildman–Crippen MR) is 87.9 cm³/mol. The van der Waals surface area contributed by atoms with Gasteiger partial charge in [0, 0.05) is 17.8 Å². The summed E-state index contributed by atoms with van der Waals surface area (Å²) in [6, 6.07) is 8.02. The van der Waals surface area contributed by atoms with Crippen LogP contribution in [0.1, 0.15) is 17.3 Å². The highest BCUT2D eigenvalue weighted by Crippen LogP contribution is 2.19. The standard InChI is InChI=1S/C17H16F3N3O2/c1-2-21-17(25)10-4-3-5-11(8-10)23-14(24)9-22-13-7-6-12(18)15(19)16(13)20/h3-8,22H,2,9H2,1H3,(H,21,25)(H,23,24). The van der Waals surface area contributed by atoms with Crippen LogP contribution < -0.4 is 16.0 Å². The normalized spacial score (nSPS) is 10.2. The number of rotatable bonds is 6. The van der Waals surface area contributed by atoms with Crippen molar-refractivity contribution in [3.05, 3.63) is 59.4 Å². The molecule has 0 fully saturated rings.